The highest BCUT2D eigenvalue weighted by Gasteiger charge is 2.30. The van der Waals surface area contributed by atoms with Crippen molar-refractivity contribution in [3.05, 3.63) is 34.4 Å². The molecule has 5 heteroatoms. The van der Waals surface area contributed by atoms with Crippen LogP contribution in [0.3, 0.4) is 0 Å². The Hall–Kier alpha value is -1.62. The molecule has 1 saturated carbocycles. The number of benzene rings is 1. The van der Waals surface area contributed by atoms with E-state index in [4.69, 9.17) is 4.74 Å². The second-order valence-corrected chi connectivity index (χ2v) is 6.16. The molecule has 110 valence electrons. The van der Waals surface area contributed by atoms with E-state index in [1.807, 2.05) is 0 Å². The summed E-state index contributed by atoms with van der Waals surface area (Å²) in [4.78, 5) is 10.1. The summed E-state index contributed by atoms with van der Waals surface area (Å²) in [6, 6.07) is 6.78. The topological polar surface area (TPSA) is 64.4 Å². The molecule has 1 aromatic rings. The number of nitrogens with zero attached hydrogens (tertiary/aromatic N) is 1. The van der Waals surface area contributed by atoms with E-state index in [9.17, 15) is 10.1 Å². The lowest BCUT2D eigenvalue weighted by molar-refractivity contribution is -0.384. The van der Waals surface area contributed by atoms with Crippen LogP contribution in [-0.2, 0) is 0 Å². The standard InChI is InChI=1S/C15H22N2O3/c1-15(2)8-7-12(11-15)16-9-10-20-14-5-3-13(4-6-14)17(18)19/h3-6,12,16H,7-11H2,1-2H3. The van der Waals surface area contributed by atoms with E-state index in [2.05, 4.69) is 19.2 Å². The van der Waals surface area contributed by atoms with Gasteiger partial charge < -0.3 is 10.1 Å². The third-order valence-corrected chi connectivity index (χ3v) is 3.82. The van der Waals surface area contributed by atoms with E-state index in [1.165, 1.54) is 31.4 Å². The van der Waals surface area contributed by atoms with Crippen molar-refractivity contribution >= 4 is 5.69 Å². The number of hydrogen-bond acceptors (Lipinski definition) is 4. The number of nitrogens with one attached hydrogen (secondary N) is 1. The van der Waals surface area contributed by atoms with Gasteiger partial charge in [0.05, 0.1) is 4.92 Å². The molecule has 1 aliphatic rings. The third-order valence-electron chi connectivity index (χ3n) is 3.82. The fourth-order valence-electron chi connectivity index (χ4n) is 2.71. The van der Waals surface area contributed by atoms with Gasteiger partial charge in [-0.3, -0.25) is 10.1 Å². The summed E-state index contributed by atoms with van der Waals surface area (Å²) in [6.45, 7) is 6.00. The monoisotopic (exact) mass is 278 g/mol. The molecular formula is C15H22N2O3. The Kier molecular flexibility index (Phi) is 4.60. The van der Waals surface area contributed by atoms with Crippen molar-refractivity contribution in [3.8, 4) is 5.75 Å². The van der Waals surface area contributed by atoms with Gasteiger partial charge in [0.15, 0.2) is 0 Å². The summed E-state index contributed by atoms with van der Waals surface area (Å²) in [5, 5.41) is 14.0. The molecule has 1 aromatic carbocycles. The molecule has 0 aromatic heterocycles. The smallest absolute Gasteiger partial charge is 0.269 e. The number of nitro benzene ring substituents is 1. The number of nitro groups is 1. The Bertz CT molecular complexity index is 457. The normalized spacial score (nSPS) is 20.8. The summed E-state index contributed by atoms with van der Waals surface area (Å²) in [6.07, 6.45) is 3.71. The van der Waals surface area contributed by atoms with Crippen LogP contribution in [0.5, 0.6) is 5.75 Å². The summed E-state index contributed by atoms with van der Waals surface area (Å²) >= 11 is 0. The predicted molar refractivity (Wildman–Crippen MR) is 78.0 cm³/mol. The minimum absolute atomic E-state index is 0.0867. The largest absolute Gasteiger partial charge is 0.492 e. The number of non-ortho nitro benzene ring substituents is 1. The minimum atomic E-state index is -0.410. The van der Waals surface area contributed by atoms with Crippen LogP contribution in [0.2, 0.25) is 0 Å². The second-order valence-electron chi connectivity index (χ2n) is 6.16. The van der Waals surface area contributed by atoms with Crippen LogP contribution >= 0.6 is 0 Å². The van der Waals surface area contributed by atoms with E-state index in [0.29, 0.717) is 23.8 Å². The average molecular weight is 278 g/mol. The molecule has 0 spiro atoms. The molecular weight excluding hydrogens is 256 g/mol. The molecule has 1 aliphatic carbocycles. The lowest BCUT2D eigenvalue weighted by Crippen LogP contribution is -2.31. The number of ether oxygens (including phenoxy) is 1. The number of hydrogen-bond donors (Lipinski definition) is 1. The fraction of sp³-hybridized carbons (Fsp3) is 0.600. The lowest BCUT2D eigenvalue weighted by Gasteiger charge is -2.18. The number of rotatable bonds is 6. The first-order valence-electron chi connectivity index (χ1n) is 7.07. The van der Waals surface area contributed by atoms with Gasteiger partial charge in [0, 0.05) is 24.7 Å². The van der Waals surface area contributed by atoms with Gasteiger partial charge in [-0.25, -0.2) is 0 Å². The zero-order chi connectivity index (χ0) is 14.6. The van der Waals surface area contributed by atoms with Crippen LogP contribution in [0.25, 0.3) is 0 Å². The molecule has 0 saturated heterocycles. The van der Waals surface area contributed by atoms with Crippen molar-refractivity contribution in [3.63, 3.8) is 0 Å². The molecule has 1 N–H and O–H groups in total. The molecule has 0 heterocycles. The Morgan fingerprint density at radius 2 is 2.10 bits per heavy atom. The Morgan fingerprint density at radius 3 is 2.65 bits per heavy atom. The van der Waals surface area contributed by atoms with Gasteiger partial charge in [0.25, 0.3) is 5.69 Å². The van der Waals surface area contributed by atoms with Crippen molar-refractivity contribution in [1.29, 1.82) is 0 Å². The summed E-state index contributed by atoms with van der Waals surface area (Å²) in [7, 11) is 0. The first kappa shape index (κ1) is 14.8. The van der Waals surface area contributed by atoms with Crippen molar-refractivity contribution in [2.24, 2.45) is 5.41 Å². The van der Waals surface area contributed by atoms with Crippen molar-refractivity contribution in [1.82, 2.24) is 5.32 Å². The molecule has 2 rings (SSSR count). The van der Waals surface area contributed by atoms with Gasteiger partial charge in [-0.2, -0.15) is 0 Å². The van der Waals surface area contributed by atoms with Crippen LogP contribution in [-0.4, -0.2) is 24.1 Å². The second kappa shape index (κ2) is 6.22. The van der Waals surface area contributed by atoms with Gasteiger partial charge in [0.2, 0.25) is 0 Å². The summed E-state index contributed by atoms with van der Waals surface area (Å²) in [5.74, 6) is 0.671. The summed E-state index contributed by atoms with van der Waals surface area (Å²) < 4.78 is 5.57. The Balaban J connectivity index is 1.67. The maximum Gasteiger partial charge on any atom is 0.269 e. The Morgan fingerprint density at radius 1 is 1.40 bits per heavy atom. The van der Waals surface area contributed by atoms with Crippen LogP contribution in [0.1, 0.15) is 33.1 Å². The average Bonchev–Trinajstić information content (AvgIpc) is 2.75. The predicted octanol–water partition coefficient (Wildman–Crippen LogP) is 3.14. The molecule has 1 fully saturated rings. The first-order valence-corrected chi connectivity index (χ1v) is 7.07. The molecule has 5 nitrogen and oxygen atoms in total. The Labute approximate surface area is 119 Å². The first-order chi connectivity index (χ1) is 9.46. The molecule has 1 unspecified atom stereocenters. The molecule has 0 radical (unpaired) electrons. The molecule has 0 amide bonds. The van der Waals surface area contributed by atoms with E-state index in [1.54, 1.807) is 12.1 Å². The molecule has 20 heavy (non-hydrogen) atoms. The van der Waals surface area contributed by atoms with Gasteiger partial charge in [-0.1, -0.05) is 13.8 Å². The minimum Gasteiger partial charge on any atom is -0.492 e. The van der Waals surface area contributed by atoms with Gasteiger partial charge in [-0.05, 0) is 36.8 Å². The highest BCUT2D eigenvalue weighted by molar-refractivity contribution is 5.35. The SMILES string of the molecule is CC1(C)CCC(NCCOc2ccc([N+](=O)[O-])cc2)C1. The highest BCUT2D eigenvalue weighted by Crippen LogP contribution is 2.36. The third kappa shape index (κ3) is 4.20. The van der Waals surface area contributed by atoms with E-state index < -0.39 is 4.92 Å². The van der Waals surface area contributed by atoms with Crippen LogP contribution in [0, 0.1) is 15.5 Å². The highest BCUT2D eigenvalue weighted by atomic mass is 16.6. The molecule has 1 atom stereocenters. The van der Waals surface area contributed by atoms with E-state index in [0.717, 1.165) is 6.54 Å². The quantitative estimate of drug-likeness (QED) is 0.493. The van der Waals surface area contributed by atoms with Gasteiger partial charge in [-0.15, -0.1) is 0 Å². The van der Waals surface area contributed by atoms with Gasteiger partial charge >= 0.3 is 0 Å². The van der Waals surface area contributed by atoms with Crippen molar-refractivity contribution < 1.29 is 9.66 Å². The maximum atomic E-state index is 10.5. The summed E-state index contributed by atoms with van der Waals surface area (Å²) in [5.41, 5.74) is 0.542. The van der Waals surface area contributed by atoms with Gasteiger partial charge in [0.1, 0.15) is 12.4 Å². The molecule has 0 aliphatic heterocycles. The maximum absolute atomic E-state index is 10.5. The van der Waals surface area contributed by atoms with Crippen LogP contribution in [0.4, 0.5) is 5.69 Å². The van der Waals surface area contributed by atoms with Crippen LogP contribution < -0.4 is 10.1 Å². The van der Waals surface area contributed by atoms with E-state index >= 15 is 0 Å². The zero-order valence-electron chi connectivity index (χ0n) is 12.1. The van der Waals surface area contributed by atoms with Crippen molar-refractivity contribution in [2.45, 2.75) is 39.2 Å². The fourth-order valence-corrected chi connectivity index (χ4v) is 2.71. The molecule has 0 bridgehead atoms. The van der Waals surface area contributed by atoms with E-state index in [-0.39, 0.29) is 5.69 Å². The van der Waals surface area contributed by atoms with Crippen LogP contribution in [0.15, 0.2) is 24.3 Å². The van der Waals surface area contributed by atoms with Crippen molar-refractivity contribution in [2.75, 3.05) is 13.2 Å². The zero-order valence-corrected chi connectivity index (χ0v) is 12.1. The lowest BCUT2D eigenvalue weighted by atomic mass is 9.92.